The third-order valence-electron chi connectivity index (χ3n) is 4.58. The zero-order chi connectivity index (χ0) is 20.5. The van der Waals surface area contributed by atoms with Crippen LogP contribution in [0.4, 0.5) is 11.4 Å². The number of hydrogen-bond acceptors (Lipinski definition) is 4. The van der Waals surface area contributed by atoms with Gasteiger partial charge in [0, 0.05) is 11.4 Å². The predicted molar refractivity (Wildman–Crippen MR) is 113 cm³/mol. The Kier molecular flexibility index (Phi) is 8.02. The Bertz CT molecular complexity index is 773. The maximum atomic E-state index is 12.2. The van der Waals surface area contributed by atoms with Crippen LogP contribution in [0, 0.1) is 0 Å². The third-order valence-corrected chi connectivity index (χ3v) is 4.58. The summed E-state index contributed by atoms with van der Waals surface area (Å²) < 4.78 is 5.09. The summed E-state index contributed by atoms with van der Waals surface area (Å²) in [6.07, 6.45) is 1.08. The average Bonchev–Trinajstić information content (AvgIpc) is 2.68. The number of nitrogens with one attached hydrogen (secondary N) is 2. The molecule has 150 valence electrons. The minimum absolute atomic E-state index is 0.117. The lowest BCUT2D eigenvalue weighted by atomic mass is 9.99. The summed E-state index contributed by atoms with van der Waals surface area (Å²) in [5.74, 6) is 0.887. The van der Waals surface area contributed by atoms with E-state index in [-0.39, 0.29) is 24.9 Å². The number of benzene rings is 2. The zero-order valence-electron chi connectivity index (χ0n) is 17.0. The molecule has 0 aliphatic rings. The van der Waals surface area contributed by atoms with Crippen molar-refractivity contribution in [2.75, 3.05) is 37.9 Å². The lowest BCUT2D eigenvalue weighted by Gasteiger charge is -2.16. The molecule has 2 aromatic carbocycles. The van der Waals surface area contributed by atoms with Gasteiger partial charge in [-0.05, 0) is 61.3 Å². The molecule has 0 radical (unpaired) electrons. The molecule has 0 bridgehead atoms. The third kappa shape index (κ3) is 6.70. The Labute approximate surface area is 166 Å². The van der Waals surface area contributed by atoms with Crippen LogP contribution in [0.5, 0.6) is 5.75 Å². The largest absolute Gasteiger partial charge is 0.497 e. The fourth-order valence-corrected chi connectivity index (χ4v) is 2.75. The first-order chi connectivity index (χ1) is 13.4. The van der Waals surface area contributed by atoms with Crippen LogP contribution in [0.2, 0.25) is 0 Å². The first kappa shape index (κ1) is 21.4. The van der Waals surface area contributed by atoms with Crippen molar-refractivity contribution in [3.8, 4) is 5.75 Å². The van der Waals surface area contributed by atoms with Gasteiger partial charge in [0.05, 0.1) is 20.2 Å². The predicted octanol–water partition coefficient (Wildman–Crippen LogP) is 3.72. The molecule has 1 atom stereocenters. The molecular formula is C22H29N3O3. The van der Waals surface area contributed by atoms with E-state index in [0.717, 1.165) is 17.9 Å². The summed E-state index contributed by atoms with van der Waals surface area (Å²) in [6, 6.07) is 15.0. The minimum Gasteiger partial charge on any atom is -0.497 e. The van der Waals surface area contributed by atoms with E-state index in [9.17, 15) is 9.59 Å². The van der Waals surface area contributed by atoms with Gasteiger partial charge in [-0.2, -0.15) is 0 Å². The first-order valence-corrected chi connectivity index (χ1v) is 9.43. The molecule has 28 heavy (non-hydrogen) atoms. The standard InChI is InChI=1S/C22H29N3O3/c1-5-16(2)17-6-8-18(9-7-17)23-21(26)14-25(3)15-22(27)24-19-10-12-20(28-4)13-11-19/h6-13,16H,5,14-15H2,1-4H3,(H,23,26)(H,24,27)/t16-/m1/s1. The van der Waals surface area contributed by atoms with Crippen LogP contribution in [-0.4, -0.2) is 44.0 Å². The normalized spacial score (nSPS) is 11.8. The average molecular weight is 383 g/mol. The highest BCUT2D eigenvalue weighted by Gasteiger charge is 2.12. The number of rotatable bonds is 9. The number of ether oxygens (including phenoxy) is 1. The van der Waals surface area contributed by atoms with Crippen LogP contribution >= 0.6 is 0 Å². The van der Waals surface area contributed by atoms with Crippen molar-refractivity contribution >= 4 is 23.2 Å². The second-order valence-corrected chi connectivity index (χ2v) is 6.93. The summed E-state index contributed by atoms with van der Waals surface area (Å²) in [5.41, 5.74) is 2.70. The molecule has 0 heterocycles. The smallest absolute Gasteiger partial charge is 0.238 e. The van der Waals surface area contributed by atoms with Crippen molar-refractivity contribution in [1.82, 2.24) is 4.90 Å². The second-order valence-electron chi connectivity index (χ2n) is 6.93. The fourth-order valence-electron chi connectivity index (χ4n) is 2.75. The summed E-state index contributed by atoms with van der Waals surface area (Å²) in [7, 11) is 3.33. The molecule has 2 N–H and O–H groups in total. The topological polar surface area (TPSA) is 70.7 Å². The highest BCUT2D eigenvalue weighted by molar-refractivity contribution is 5.94. The zero-order valence-corrected chi connectivity index (χ0v) is 17.0. The van der Waals surface area contributed by atoms with Crippen molar-refractivity contribution in [3.05, 3.63) is 54.1 Å². The van der Waals surface area contributed by atoms with Gasteiger partial charge in [0.1, 0.15) is 5.75 Å². The van der Waals surface area contributed by atoms with E-state index in [1.807, 2.05) is 24.3 Å². The summed E-state index contributed by atoms with van der Waals surface area (Å²) in [5, 5.41) is 5.67. The van der Waals surface area contributed by atoms with Gasteiger partial charge in [-0.15, -0.1) is 0 Å². The molecule has 0 aliphatic heterocycles. The van der Waals surface area contributed by atoms with Gasteiger partial charge in [0.15, 0.2) is 0 Å². The highest BCUT2D eigenvalue weighted by atomic mass is 16.5. The van der Waals surface area contributed by atoms with E-state index in [2.05, 4.69) is 24.5 Å². The molecule has 2 rings (SSSR count). The number of methoxy groups -OCH3 is 1. The van der Waals surface area contributed by atoms with Crippen LogP contribution in [0.1, 0.15) is 31.7 Å². The van der Waals surface area contributed by atoms with E-state index in [4.69, 9.17) is 4.74 Å². The van der Waals surface area contributed by atoms with E-state index in [0.29, 0.717) is 11.6 Å². The van der Waals surface area contributed by atoms with Gasteiger partial charge in [0.2, 0.25) is 11.8 Å². The lowest BCUT2D eigenvalue weighted by Crippen LogP contribution is -2.36. The number of anilines is 2. The van der Waals surface area contributed by atoms with Crippen molar-refractivity contribution < 1.29 is 14.3 Å². The van der Waals surface area contributed by atoms with Gasteiger partial charge < -0.3 is 15.4 Å². The van der Waals surface area contributed by atoms with Crippen LogP contribution < -0.4 is 15.4 Å². The lowest BCUT2D eigenvalue weighted by molar-refractivity contribution is -0.119. The Hall–Kier alpha value is -2.86. The summed E-state index contributed by atoms with van der Waals surface area (Å²) in [6.45, 7) is 4.58. The van der Waals surface area contributed by atoms with Crippen molar-refractivity contribution in [2.24, 2.45) is 0 Å². The summed E-state index contributed by atoms with van der Waals surface area (Å²) >= 11 is 0. The number of carbonyl (C=O) groups is 2. The molecule has 2 amide bonds. The number of hydrogen-bond donors (Lipinski definition) is 2. The maximum absolute atomic E-state index is 12.2. The molecule has 0 aromatic heterocycles. The minimum atomic E-state index is -0.182. The molecule has 0 aliphatic carbocycles. The molecule has 2 aromatic rings. The highest BCUT2D eigenvalue weighted by Crippen LogP contribution is 2.20. The van der Waals surface area contributed by atoms with Crippen LogP contribution in [0.15, 0.2) is 48.5 Å². The quantitative estimate of drug-likeness (QED) is 0.692. The molecular weight excluding hydrogens is 354 g/mol. The van der Waals surface area contributed by atoms with Crippen LogP contribution in [0.3, 0.4) is 0 Å². The Morgan fingerprint density at radius 3 is 1.82 bits per heavy atom. The van der Waals surface area contributed by atoms with Gasteiger partial charge in [-0.3, -0.25) is 14.5 Å². The molecule has 6 nitrogen and oxygen atoms in total. The monoisotopic (exact) mass is 383 g/mol. The molecule has 0 spiro atoms. The van der Waals surface area contributed by atoms with Gasteiger partial charge in [-0.25, -0.2) is 0 Å². The number of carbonyl (C=O) groups excluding carboxylic acids is 2. The molecule has 0 saturated carbocycles. The number of likely N-dealkylation sites (N-methyl/N-ethyl adjacent to an activating group) is 1. The molecule has 0 unspecified atom stereocenters. The first-order valence-electron chi connectivity index (χ1n) is 9.43. The molecule has 6 heteroatoms. The second kappa shape index (κ2) is 10.5. The Morgan fingerprint density at radius 1 is 0.929 bits per heavy atom. The van der Waals surface area contributed by atoms with Crippen molar-refractivity contribution in [2.45, 2.75) is 26.2 Å². The number of amides is 2. The van der Waals surface area contributed by atoms with E-state index < -0.39 is 0 Å². The van der Waals surface area contributed by atoms with Gasteiger partial charge in [0.25, 0.3) is 0 Å². The van der Waals surface area contributed by atoms with Crippen LogP contribution in [-0.2, 0) is 9.59 Å². The SMILES string of the molecule is CC[C@@H](C)c1ccc(NC(=O)CN(C)CC(=O)Nc2ccc(OC)cc2)cc1. The van der Waals surface area contributed by atoms with E-state index in [1.54, 1.807) is 43.3 Å². The maximum Gasteiger partial charge on any atom is 0.238 e. The molecule has 0 saturated heterocycles. The van der Waals surface area contributed by atoms with E-state index >= 15 is 0 Å². The Morgan fingerprint density at radius 2 is 1.39 bits per heavy atom. The van der Waals surface area contributed by atoms with Crippen LogP contribution in [0.25, 0.3) is 0 Å². The van der Waals surface area contributed by atoms with Gasteiger partial charge >= 0.3 is 0 Å². The Balaban J connectivity index is 1.78. The summed E-state index contributed by atoms with van der Waals surface area (Å²) in [4.78, 5) is 26.0. The van der Waals surface area contributed by atoms with Crippen molar-refractivity contribution in [3.63, 3.8) is 0 Å². The fraction of sp³-hybridized carbons (Fsp3) is 0.364. The molecule has 0 fully saturated rings. The number of nitrogens with zero attached hydrogens (tertiary/aromatic N) is 1. The van der Waals surface area contributed by atoms with Crippen molar-refractivity contribution in [1.29, 1.82) is 0 Å². The van der Waals surface area contributed by atoms with E-state index in [1.165, 1.54) is 5.56 Å². The van der Waals surface area contributed by atoms with Gasteiger partial charge in [-0.1, -0.05) is 26.0 Å².